The fourth-order valence-electron chi connectivity index (χ4n) is 2.64. The van der Waals surface area contributed by atoms with Gasteiger partial charge in [-0.3, -0.25) is 4.98 Å². The van der Waals surface area contributed by atoms with E-state index in [1.165, 1.54) is 5.39 Å². The first kappa shape index (κ1) is 12.6. The minimum Gasteiger partial charge on any atom is -0.323 e. The average Bonchev–Trinajstić information content (AvgIpc) is 3.16. The molecule has 0 aliphatic heterocycles. The largest absolute Gasteiger partial charge is 0.340 e. The number of imidazole rings is 1. The first-order valence-electron chi connectivity index (χ1n) is 6.94. The van der Waals surface area contributed by atoms with Crippen molar-refractivity contribution in [2.24, 2.45) is 0 Å². The Labute approximate surface area is 125 Å². The minimum absolute atomic E-state index is 0.304. The summed E-state index contributed by atoms with van der Waals surface area (Å²) >= 11 is 0. The molecular formula is C16H13N5O. The van der Waals surface area contributed by atoms with Gasteiger partial charge >= 0.3 is 5.69 Å². The summed E-state index contributed by atoms with van der Waals surface area (Å²) in [6.45, 7) is 0.456. The number of rotatable bonds is 3. The van der Waals surface area contributed by atoms with E-state index >= 15 is 0 Å². The summed E-state index contributed by atoms with van der Waals surface area (Å²) in [5.74, 6) is 1.42. The molecule has 0 radical (unpaired) electrons. The van der Waals surface area contributed by atoms with Crippen molar-refractivity contribution in [3.05, 3.63) is 71.2 Å². The predicted octanol–water partition coefficient (Wildman–Crippen LogP) is 2.16. The number of H-pyrrole nitrogens is 2. The Morgan fingerprint density at radius 1 is 1.09 bits per heavy atom. The van der Waals surface area contributed by atoms with Crippen LogP contribution in [0.25, 0.3) is 22.2 Å². The summed E-state index contributed by atoms with van der Waals surface area (Å²) in [4.78, 5) is 18.3. The SMILES string of the molecule is O=c1[nH]nc(Cn2ccnc2-c2cccc3ccccc23)[nH]1. The number of hydrogen-bond donors (Lipinski definition) is 2. The second kappa shape index (κ2) is 5.00. The Kier molecular flexibility index (Phi) is 2.86. The van der Waals surface area contributed by atoms with Gasteiger partial charge < -0.3 is 4.57 Å². The molecule has 0 aliphatic carbocycles. The van der Waals surface area contributed by atoms with E-state index in [2.05, 4.69) is 44.4 Å². The molecule has 0 spiro atoms. The molecule has 2 heterocycles. The van der Waals surface area contributed by atoms with Crippen LogP contribution in [0.3, 0.4) is 0 Å². The van der Waals surface area contributed by atoms with Crippen LogP contribution in [-0.4, -0.2) is 24.7 Å². The monoisotopic (exact) mass is 291 g/mol. The topological polar surface area (TPSA) is 79.4 Å². The summed E-state index contributed by atoms with van der Waals surface area (Å²) in [6.07, 6.45) is 3.63. The number of hydrogen-bond acceptors (Lipinski definition) is 3. The van der Waals surface area contributed by atoms with Crippen LogP contribution in [0.15, 0.2) is 59.7 Å². The molecule has 22 heavy (non-hydrogen) atoms. The third kappa shape index (κ3) is 2.10. The van der Waals surface area contributed by atoms with Gasteiger partial charge in [-0.25, -0.2) is 14.9 Å². The molecule has 0 fully saturated rings. The standard InChI is InChI=1S/C16H13N5O/c22-16-18-14(19-20-16)10-21-9-8-17-15(21)13-7-3-5-11-4-1-2-6-12(11)13/h1-9H,10H2,(H2,18,19,20,22). The van der Waals surface area contributed by atoms with Gasteiger partial charge in [-0.15, -0.1) is 0 Å². The molecule has 0 unspecified atom stereocenters. The van der Waals surface area contributed by atoms with Crippen molar-refractivity contribution >= 4 is 10.8 Å². The Morgan fingerprint density at radius 2 is 1.95 bits per heavy atom. The maximum atomic E-state index is 11.1. The lowest BCUT2D eigenvalue weighted by Gasteiger charge is -2.09. The quantitative estimate of drug-likeness (QED) is 0.607. The van der Waals surface area contributed by atoms with Crippen LogP contribution in [0.4, 0.5) is 0 Å². The average molecular weight is 291 g/mol. The summed E-state index contributed by atoms with van der Waals surface area (Å²) in [6, 6.07) is 14.4. The molecule has 0 saturated heterocycles. The van der Waals surface area contributed by atoms with Gasteiger partial charge in [0.2, 0.25) is 0 Å². The zero-order valence-electron chi connectivity index (χ0n) is 11.7. The van der Waals surface area contributed by atoms with Gasteiger partial charge in [0.15, 0.2) is 5.82 Å². The van der Waals surface area contributed by atoms with Crippen LogP contribution in [0.5, 0.6) is 0 Å². The number of aromatic amines is 2. The Balaban J connectivity index is 1.83. The first-order chi connectivity index (χ1) is 10.8. The van der Waals surface area contributed by atoms with E-state index in [4.69, 9.17) is 0 Å². The predicted molar refractivity (Wildman–Crippen MR) is 83.5 cm³/mol. The van der Waals surface area contributed by atoms with E-state index in [9.17, 15) is 4.79 Å². The van der Waals surface area contributed by atoms with Crippen molar-refractivity contribution < 1.29 is 0 Å². The second-order valence-electron chi connectivity index (χ2n) is 5.03. The zero-order chi connectivity index (χ0) is 14.9. The molecule has 0 saturated carbocycles. The van der Waals surface area contributed by atoms with Crippen LogP contribution < -0.4 is 5.69 Å². The van der Waals surface area contributed by atoms with E-state index in [1.54, 1.807) is 6.20 Å². The van der Waals surface area contributed by atoms with E-state index < -0.39 is 0 Å². The smallest absolute Gasteiger partial charge is 0.323 e. The van der Waals surface area contributed by atoms with Crippen LogP contribution in [0.1, 0.15) is 5.82 Å². The van der Waals surface area contributed by atoms with Gasteiger partial charge in [-0.1, -0.05) is 42.5 Å². The zero-order valence-corrected chi connectivity index (χ0v) is 11.7. The molecular weight excluding hydrogens is 278 g/mol. The highest BCUT2D eigenvalue weighted by atomic mass is 16.1. The number of benzene rings is 2. The maximum absolute atomic E-state index is 11.1. The van der Waals surface area contributed by atoms with Gasteiger partial charge in [-0.2, -0.15) is 5.10 Å². The first-order valence-corrected chi connectivity index (χ1v) is 6.94. The van der Waals surface area contributed by atoms with Gasteiger partial charge in [0, 0.05) is 18.0 Å². The van der Waals surface area contributed by atoms with Crippen molar-refractivity contribution in [2.75, 3.05) is 0 Å². The maximum Gasteiger partial charge on any atom is 0.340 e. The summed E-state index contributed by atoms with van der Waals surface area (Å²) in [5, 5.41) is 8.64. The van der Waals surface area contributed by atoms with E-state index in [1.807, 2.05) is 29.0 Å². The molecule has 2 N–H and O–H groups in total. The molecule has 4 aromatic rings. The number of nitrogens with one attached hydrogen (secondary N) is 2. The highest BCUT2D eigenvalue weighted by molar-refractivity contribution is 5.95. The second-order valence-corrected chi connectivity index (χ2v) is 5.03. The molecule has 6 heteroatoms. The van der Waals surface area contributed by atoms with E-state index in [-0.39, 0.29) is 5.69 Å². The molecule has 4 rings (SSSR count). The summed E-state index contributed by atoms with van der Waals surface area (Å²) in [5.41, 5.74) is 0.753. The number of fused-ring (bicyclic) bond motifs is 1. The van der Waals surface area contributed by atoms with Gasteiger partial charge in [-0.05, 0) is 10.8 Å². The molecule has 2 aromatic heterocycles. The third-order valence-electron chi connectivity index (χ3n) is 3.62. The normalized spacial score (nSPS) is 11.1. The summed E-state index contributed by atoms with van der Waals surface area (Å²) in [7, 11) is 0. The molecule has 6 nitrogen and oxygen atoms in total. The Bertz CT molecular complexity index is 989. The highest BCUT2D eigenvalue weighted by Crippen LogP contribution is 2.27. The fourth-order valence-corrected chi connectivity index (χ4v) is 2.64. The lowest BCUT2D eigenvalue weighted by Crippen LogP contribution is -2.05. The van der Waals surface area contributed by atoms with Crippen molar-refractivity contribution in [1.29, 1.82) is 0 Å². The van der Waals surface area contributed by atoms with Crippen LogP contribution in [-0.2, 0) is 6.54 Å². The minimum atomic E-state index is -0.304. The van der Waals surface area contributed by atoms with E-state index in [0.29, 0.717) is 12.4 Å². The number of aromatic nitrogens is 5. The van der Waals surface area contributed by atoms with Crippen molar-refractivity contribution in [3.63, 3.8) is 0 Å². The van der Waals surface area contributed by atoms with Crippen LogP contribution in [0, 0.1) is 0 Å². The molecule has 0 amide bonds. The fraction of sp³-hybridized carbons (Fsp3) is 0.0625. The third-order valence-corrected chi connectivity index (χ3v) is 3.62. The Hall–Kier alpha value is -3.15. The van der Waals surface area contributed by atoms with Crippen molar-refractivity contribution in [2.45, 2.75) is 6.54 Å². The van der Waals surface area contributed by atoms with Gasteiger partial charge in [0.1, 0.15) is 5.82 Å². The summed E-state index contributed by atoms with van der Waals surface area (Å²) < 4.78 is 1.97. The number of nitrogens with zero attached hydrogens (tertiary/aromatic N) is 3. The van der Waals surface area contributed by atoms with Gasteiger partial charge in [0.05, 0.1) is 6.54 Å². The van der Waals surface area contributed by atoms with Crippen molar-refractivity contribution in [3.8, 4) is 11.4 Å². The molecule has 108 valence electrons. The van der Waals surface area contributed by atoms with E-state index in [0.717, 1.165) is 16.8 Å². The van der Waals surface area contributed by atoms with Crippen LogP contribution >= 0.6 is 0 Å². The molecule has 2 aromatic carbocycles. The molecule has 0 atom stereocenters. The van der Waals surface area contributed by atoms with Gasteiger partial charge in [0.25, 0.3) is 0 Å². The van der Waals surface area contributed by atoms with Crippen molar-refractivity contribution in [1.82, 2.24) is 24.7 Å². The lowest BCUT2D eigenvalue weighted by atomic mass is 10.0. The lowest BCUT2D eigenvalue weighted by molar-refractivity contribution is 0.755. The highest BCUT2D eigenvalue weighted by Gasteiger charge is 2.10. The van der Waals surface area contributed by atoms with Crippen LogP contribution in [0.2, 0.25) is 0 Å². The Morgan fingerprint density at radius 3 is 2.82 bits per heavy atom. The molecule has 0 bridgehead atoms. The molecule has 0 aliphatic rings.